The Kier molecular flexibility index (Phi) is 4.80. The molecule has 0 aliphatic carbocycles. The summed E-state index contributed by atoms with van der Waals surface area (Å²) in [6.07, 6.45) is 1.61. The van der Waals surface area contributed by atoms with Crippen molar-refractivity contribution in [1.82, 2.24) is 9.97 Å². The van der Waals surface area contributed by atoms with Crippen LogP contribution in [0.2, 0.25) is 10.0 Å². The van der Waals surface area contributed by atoms with Crippen molar-refractivity contribution in [3.8, 4) is 6.07 Å². The van der Waals surface area contributed by atoms with Crippen LogP contribution in [0.1, 0.15) is 5.56 Å². The summed E-state index contributed by atoms with van der Waals surface area (Å²) >= 11 is 12.0. The number of benzene rings is 2. The number of aromatic nitrogens is 2. The van der Waals surface area contributed by atoms with Crippen LogP contribution in [0.3, 0.4) is 0 Å². The van der Waals surface area contributed by atoms with Crippen molar-refractivity contribution < 1.29 is 0 Å². The summed E-state index contributed by atoms with van der Waals surface area (Å²) in [5, 5.41) is 16.3. The van der Waals surface area contributed by atoms with E-state index in [0.717, 1.165) is 0 Å². The van der Waals surface area contributed by atoms with Gasteiger partial charge in [0.25, 0.3) is 0 Å². The molecule has 24 heavy (non-hydrogen) atoms. The predicted octanol–water partition coefficient (Wildman–Crippen LogP) is 5.14. The lowest BCUT2D eigenvalue weighted by Crippen LogP contribution is -2.01. The molecule has 3 aromatic rings. The Morgan fingerprint density at radius 3 is 2.58 bits per heavy atom. The second kappa shape index (κ2) is 7.18. The molecule has 0 bridgehead atoms. The third-order valence-corrected chi connectivity index (χ3v) is 3.69. The summed E-state index contributed by atoms with van der Waals surface area (Å²) < 4.78 is 0. The maximum Gasteiger partial charge on any atom is 0.229 e. The second-order valence-electron chi connectivity index (χ2n) is 4.80. The molecule has 0 aliphatic heterocycles. The first kappa shape index (κ1) is 16.1. The zero-order valence-corrected chi connectivity index (χ0v) is 13.8. The van der Waals surface area contributed by atoms with Crippen LogP contribution in [0, 0.1) is 11.3 Å². The minimum atomic E-state index is 0.368. The normalized spacial score (nSPS) is 10.0. The molecule has 0 radical (unpaired) electrons. The number of hydrogen-bond donors (Lipinski definition) is 2. The molecule has 3 rings (SSSR count). The van der Waals surface area contributed by atoms with Crippen molar-refractivity contribution in [3.63, 3.8) is 0 Å². The highest BCUT2D eigenvalue weighted by Crippen LogP contribution is 2.28. The van der Waals surface area contributed by atoms with Crippen LogP contribution < -0.4 is 10.6 Å². The number of nitriles is 1. The first-order chi connectivity index (χ1) is 11.7. The highest BCUT2D eigenvalue weighted by molar-refractivity contribution is 6.36. The van der Waals surface area contributed by atoms with E-state index in [4.69, 9.17) is 28.5 Å². The largest absolute Gasteiger partial charge is 0.339 e. The van der Waals surface area contributed by atoms with Gasteiger partial charge in [-0.25, -0.2) is 4.98 Å². The van der Waals surface area contributed by atoms with Gasteiger partial charge >= 0.3 is 0 Å². The maximum absolute atomic E-state index is 9.13. The van der Waals surface area contributed by atoms with E-state index < -0.39 is 0 Å². The molecule has 7 heteroatoms. The molecule has 1 heterocycles. The highest BCUT2D eigenvalue weighted by atomic mass is 35.5. The third kappa shape index (κ3) is 3.74. The molecule has 0 fully saturated rings. The topological polar surface area (TPSA) is 73.6 Å². The van der Waals surface area contributed by atoms with Crippen molar-refractivity contribution in [2.24, 2.45) is 0 Å². The molecule has 0 saturated heterocycles. The van der Waals surface area contributed by atoms with Crippen molar-refractivity contribution in [3.05, 3.63) is 70.3 Å². The Morgan fingerprint density at radius 1 is 0.958 bits per heavy atom. The van der Waals surface area contributed by atoms with E-state index in [-0.39, 0.29) is 0 Å². The number of hydrogen-bond acceptors (Lipinski definition) is 5. The summed E-state index contributed by atoms with van der Waals surface area (Å²) in [5.41, 5.74) is 1.84. The summed E-state index contributed by atoms with van der Waals surface area (Å²) in [7, 11) is 0. The molecule has 2 N–H and O–H groups in total. The SMILES string of the molecule is N#Cc1ccccc1Nc1nccc(Nc2ccc(Cl)cc2Cl)n1. The fraction of sp³-hybridized carbons (Fsp3) is 0. The number of nitrogens with zero attached hydrogens (tertiary/aromatic N) is 3. The van der Waals surface area contributed by atoms with Gasteiger partial charge in [0.05, 0.1) is 22.0 Å². The Bertz CT molecular complexity index is 921. The minimum absolute atomic E-state index is 0.368. The van der Waals surface area contributed by atoms with E-state index in [1.165, 1.54) is 0 Å². The molecule has 0 saturated carbocycles. The van der Waals surface area contributed by atoms with Crippen molar-refractivity contribution in [1.29, 1.82) is 5.26 Å². The lowest BCUT2D eigenvalue weighted by atomic mass is 10.2. The van der Waals surface area contributed by atoms with Crippen LogP contribution >= 0.6 is 23.2 Å². The molecule has 118 valence electrons. The monoisotopic (exact) mass is 355 g/mol. The summed E-state index contributed by atoms with van der Waals surface area (Å²) in [5.74, 6) is 0.930. The number of para-hydroxylation sites is 1. The van der Waals surface area contributed by atoms with Crippen LogP contribution in [0.4, 0.5) is 23.1 Å². The summed E-state index contributed by atoms with van der Waals surface area (Å²) in [6, 6.07) is 16.1. The Morgan fingerprint density at radius 2 is 1.79 bits per heavy atom. The maximum atomic E-state index is 9.13. The van der Waals surface area contributed by atoms with E-state index in [1.54, 1.807) is 48.7 Å². The molecule has 0 amide bonds. The van der Waals surface area contributed by atoms with Crippen LogP contribution in [-0.2, 0) is 0 Å². The van der Waals surface area contributed by atoms with E-state index in [2.05, 4.69) is 26.7 Å². The molecular weight excluding hydrogens is 345 g/mol. The molecule has 0 atom stereocenters. The highest BCUT2D eigenvalue weighted by Gasteiger charge is 2.06. The fourth-order valence-corrected chi connectivity index (χ4v) is 2.48. The number of rotatable bonds is 4. The molecule has 0 unspecified atom stereocenters. The second-order valence-corrected chi connectivity index (χ2v) is 5.64. The van der Waals surface area contributed by atoms with Gasteiger partial charge in [0, 0.05) is 11.2 Å². The summed E-state index contributed by atoms with van der Waals surface area (Å²) in [6.45, 7) is 0. The van der Waals surface area contributed by atoms with Crippen molar-refractivity contribution >= 4 is 46.3 Å². The van der Waals surface area contributed by atoms with E-state index >= 15 is 0 Å². The van der Waals surface area contributed by atoms with E-state index in [0.29, 0.717) is 38.7 Å². The smallest absolute Gasteiger partial charge is 0.229 e. The quantitative estimate of drug-likeness (QED) is 0.677. The number of nitrogens with one attached hydrogen (secondary N) is 2. The van der Waals surface area contributed by atoms with Gasteiger partial charge < -0.3 is 10.6 Å². The number of anilines is 4. The van der Waals surface area contributed by atoms with Gasteiger partial charge in [0.15, 0.2) is 0 Å². The van der Waals surface area contributed by atoms with Gasteiger partial charge in [-0.05, 0) is 36.4 Å². The van der Waals surface area contributed by atoms with Gasteiger partial charge in [-0.2, -0.15) is 10.2 Å². The predicted molar refractivity (Wildman–Crippen MR) is 96.2 cm³/mol. The molecular formula is C17H11Cl2N5. The Balaban J connectivity index is 1.83. The first-order valence-corrected chi connectivity index (χ1v) is 7.72. The van der Waals surface area contributed by atoms with E-state index in [1.807, 2.05) is 6.07 Å². The standard InChI is InChI=1S/C17H11Cl2N5/c18-12-5-6-15(13(19)9-12)22-16-7-8-21-17(24-16)23-14-4-2-1-3-11(14)10-20/h1-9H,(H2,21,22,23,24). The van der Waals surface area contributed by atoms with Crippen molar-refractivity contribution in [2.45, 2.75) is 0 Å². The minimum Gasteiger partial charge on any atom is -0.339 e. The fourth-order valence-electron chi connectivity index (χ4n) is 2.03. The van der Waals surface area contributed by atoms with E-state index in [9.17, 15) is 0 Å². The van der Waals surface area contributed by atoms with Gasteiger partial charge in [-0.15, -0.1) is 0 Å². The number of halogens is 2. The zero-order chi connectivity index (χ0) is 16.9. The van der Waals surface area contributed by atoms with Crippen LogP contribution in [0.5, 0.6) is 0 Å². The van der Waals surface area contributed by atoms with Crippen LogP contribution in [-0.4, -0.2) is 9.97 Å². The Labute approximate surface area is 148 Å². The Hall–Kier alpha value is -2.81. The van der Waals surface area contributed by atoms with Crippen LogP contribution in [0.15, 0.2) is 54.7 Å². The van der Waals surface area contributed by atoms with Crippen molar-refractivity contribution in [2.75, 3.05) is 10.6 Å². The third-order valence-electron chi connectivity index (χ3n) is 3.14. The van der Waals surface area contributed by atoms with Gasteiger partial charge in [0.2, 0.25) is 5.95 Å². The van der Waals surface area contributed by atoms with Gasteiger partial charge in [-0.3, -0.25) is 0 Å². The molecule has 0 spiro atoms. The lowest BCUT2D eigenvalue weighted by molar-refractivity contribution is 1.16. The zero-order valence-electron chi connectivity index (χ0n) is 12.3. The average Bonchev–Trinajstić information content (AvgIpc) is 2.58. The molecule has 0 aliphatic rings. The van der Waals surface area contributed by atoms with Gasteiger partial charge in [0.1, 0.15) is 11.9 Å². The molecule has 5 nitrogen and oxygen atoms in total. The molecule has 2 aromatic carbocycles. The average molecular weight is 356 g/mol. The van der Waals surface area contributed by atoms with Gasteiger partial charge in [-0.1, -0.05) is 35.3 Å². The summed E-state index contributed by atoms with van der Waals surface area (Å²) in [4.78, 5) is 8.53. The first-order valence-electron chi connectivity index (χ1n) is 6.97. The molecule has 1 aromatic heterocycles. The van der Waals surface area contributed by atoms with Crippen LogP contribution in [0.25, 0.3) is 0 Å². The lowest BCUT2D eigenvalue weighted by Gasteiger charge is -2.10.